The lowest BCUT2D eigenvalue weighted by atomic mass is 10.1. The first kappa shape index (κ1) is 24.1. The number of hydrogen-bond donors (Lipinski definition) is 1. The predicted octanol–water partition coefficient (Wildman–Crippen LogP) is 2.82. The highest BCUT2D eigenvalue weighted by atomic mass is 16.6. The van der Waals surface area contributed by atoms with Gasteiger partial charge in [0.2, 0.25) is 5.91 Å². The first-order valence-corrected chi connectivity index (χ1v) is 11.2. The van der Waals surface area contributed by atoms with Crippen LogP contribution in [0.15, 0.2) is 54.6 Å². The summed E-state index contributed by atoms with van der Waals surface area (Å²) in [6.07, 6.45) is 1.78. The van der Waals surface area contributed by atoms with Crippen molar-refractivity contribution in [3.05, 3.63) is 60.2 Å². The van der Waals surface area contributed by atoms with Gasteiger partial charge in [-0.2, -0.15) is 0 Å². The summed E-state index contributed by atoms with van der Waals surface area (Å²) in [5, 5.41) is 2.72. The molecule has 176 valence electrons. The van der Waals surface area contributed by atoms with E-state index >= 15 is 0 Å². The lowest BCUT2D eigenvalue weighted by Crippen LogP contribution is -2.57. The zero-order valence-corrected chi connectivity index (χ0v) is 18.8. The third-order valence-electron chi connectivity index (χ3n) is 5.18. The number of para-hydroxylation sites is 1. The Morgan fingerprint density at radius 1 is 0.970 bits per heavy atom. The minimum absolute atomic E-state index is 0.0511. The molecule has 1 N–H and O–H groups in total. The number of benzene rings is 2. The molecule has 2 amide bonds. The fourth-order valence-corrected chi connectivity index (χ4v) is 3.40. The minimum Gasteiger partial charge on any atom is -0.494 e. The summed E-state index contributed by atoms with van der Waals surface area (Å²) in [5.74, 6) is 0.126. The summed E-state index contributed by atoms with van der Waals surface area (Å²) in [6, 6.07) is 15.1. The van der Waals surface area contributed by atoms with Gasteiger partial charge in [0.1, 0.15) is 30.8 Å². The predicted molar refractivity (Wildman–Crippen MR) is 122 cm³/mol. The normalized spacial score (nSPS) is 15.5. The van der Waals surface area contributed by atoms with Gasteiger partial charge in [0.05, 0.1) is 13.0 Å². The summed E-state index contributed by atoms with van der Waals surface area (Å²) in [5.41, 5.74) is 0.433. The standard InChI is InChI=1S/C25H30N2O6/c1-2-3-15-31-21-11-9-19(10-12-21)25(30)27-14-13-26-24(29)22(27)18-23(28)33-17-16-32-20-7-5-4-6-8-20/h4-12,22H,2-3,13-18H2,1H3,(H,26,29)/t22-/m0/s1. The van der Waals surface area contributed by atoms with Crippen LogP contribution in [0.3, 0.4) is 0 Å². The Kier molecular flexibility index (Phi) is 9.11. The van der Waals surface area contributed by atoms with E-state index in [4.69, 9.17) is 14.2 Å². The van der Waals surface area contributed by atoms with Crippen LogP contribution in [0.2, 0.25) is 0 Å². The highest BCUT2D eigenvalue weighted by molar-refractivity contribution is 5.99. The molecule has 1 fully saturated rings. The Morgan fingerprint density at radius 3 is 2.39 bits per heavy atom. The van der Waals surface area contributed by atoms with E-state index in [1.165, 1.54) is 4.90 Å². The second-order valence-corrected chi connectivity index (χ2v) is 7.62. The van der Waals surface area contributed by atoms with Gasteiger partial charge in [-0.3, -0.25) is 14.4 Å². The molecule has 0 unspecified atom stereocenters. The van der Waals surface area contributed by atoms with Crippen molar-refractivity contribution in [2.75, 3.05) is 32.9 Å². The number of amides is 2. The van der Waals surface area contributed by atoms with E-state index in [1.807, 2.05) is 30.3 Å². The molecule has 2 aromatic rings. The van der Waals surface area contributed by atoms with Gasteiger partial charge < -0.3 is 24.4 Å². The van der Waals surface area contributed by atoms with Crippen molar-refractivity contribution < 1.29 is 28.6 Å². The molecular formula is C25H30N2O6. The van der Waals surface area contributed by atoms with Crippen LogP contribution in [0.4, 0.5) is 0 Å². The Labute approximate surface area is 193 Å². The van der Waals surface area contributed by atoms with Gasteiger partial charge in [-0.25, -0.2) is 0 Å². The van der Waals surface area contributed by atoms with Crippen molar-refractivity contribution in [1.82, 2.24) is 10.2 Å². The van der Waals surface area contributed by atoms with Crippen molar-refractivity contribution in [3.63, 3.8) is 0 Å². The smallest absolute Gasteiger partial charge is 0.308 e. The number of carbonyl (C=O) groups excluding carboxylic acids is 3. The summed E-state index contributed by atoms with van der Waals surface area (Å²) in [4.78, 5) is 39.2. The van der Waals surface area contributed by atoms with E-state index in [9.17, 15) is 14.4 Å². The van der Waals surface area contributed by atoms with Gasteiger partial charge in [0.25, 0.3) is 5.91 Å². The molecule has 0 saturated carbocycles. The molecule has 1 aliphatic rings. The quantitative estimate of drug-likeness (QED) is 0.415. The molecule has 8 nitrogen and oxygen atoms in total. The van der Waals surface area contributed by atoms with Crippen LogP contribution < -0.4 is 14.8 Å². The Hall–Kier alpha value is -3.55. The number of rotatable bonds is 11. The van der Waals surface area contributed by atoms with Gasteiger partial charge in [-0.05, 0) is 42.8 Å². The third-order valence-corrected chi connectivity index (χ3v) is 5.18. The molecule has 0 spiro atoms. The highest BCUT2D eigenvalue weighted by Gasteiger charge is 2.35. The van der Waals surface area contributed by atoms with Crippen LogP contribution in [0.5, 0.6) is 11.5 Å². The molecular weight excluding hydrogens is 424 g/mol. The largest absolute Gasteiger partial charge is 0.494 e. The molecule has 8 heteroatoms. The number of hydrogen-bond acceptors (Lipinski definition) is 6. The molecule has 1 heterocycles. The molecule has 1 atom stereocenters. The topological polar surface area (TPSA) is 94.2 Å². The number of piperazine rings is 1. The Morgan fingerprint density at radius 2 is 1.67 bits per heavy atom. The van der Waals surface area contributed by atoms with Crippen molar-refractivity contribution in [1.29, 1.82) is 0 Å². The first-order chi connectivity index (χ1) is 16.1. The van der Waals surface area contributed by atoms with E-state index in [0.29, 0.717) is 36.8 Å². The molecule has 33 heavy (non-hydrogen) atoms. The molecule has 0 radical (unpaired) electrons. The molecule has 0 aromatic heterocycles. The fourth-order valence-electron chi connectivity index (χ4n) is 3.40. The van der Waals surface area contributed by atoms with Crippen LogP contribution in [0.1, 0.15) is 36.5 Å². The average molecular weight is 455 g/mol. The zero-order valence-electron chi connectivity index (χ0n) is 18.8. The maximum atomic E-state index is 13.1. The maximum absolute atomic E-state index is 13.1. The van der Waals surface area contributed by atoms with Crippen LogP contribution in [0.25, 0.3) is 0 Å². The Bertz CT molecular complexity index is 916. The van der Waals surface area contributed by atoms with E-state index < -0.39 is 12.0 Å². The lowest BCUT2D eigenvalue weighted by Gasteiger charge is -2.34. The summed E-state index contributed by atoms with van der Waals surface area (Å²) < 4.78 is 16.3. The van der Waals surface area contributed by atoms with E-state index in [1.54, 1.807) is 24.3 Å². The van der Waals surface area contributed by atoms with Crippen molar-refractivity contribution >= 4 is 17.8 Å². The maximum Gasteiger partial charge on any atom is 0.308 e. The number of nitrogens with one attached hydrogen (secondary N) is 1. The van der Waals surface area contributed by atoms with Gasteiger partial charge in [0, 0.05) is 18.7 Å². The van der Waals surface area contributed by atoms with E-state index in [2.05, 4.69) is 12.2 Å². The summed E-state index contributed by atoms with van der Waals surface area (Å²) in [7, 11) is 0. The molecule has 1 aliphatic heterocycles. The molecule has 1 saturated heterocycles. The molecule has 2 aromatic carbocycles. The summed E-state index contributed by atoms with van der Waals surface area (Å²) >= 11 is 0. The third kappa shape index (κ3) is 7.24. The van der Waals surface area contributed by atoms with Gasteiger partial charge in [0.15, 0.2) is 0 Å². The molecule has 0 aliphatic carbocycles. The number of esters is 1. The zero-order chi connectivity index (χ0) is 23.5. The average Bonchev–Trinajstić information content (AvgIpc) is 2.84. The van der Waals surface area contributed by atoms with Crippen molar-refractivity contribution in [2.45, 2.75) is 32.2 Å². The van der Waals surface area contributed by atoms with Gasteiger partial charge >= 0.3 is 5.97 Å². The van der Waals surface area contributed by atoms with Gasteiger partial charge in [-0.15, -0.1) is 0 Å². The number of carbonyl (C=O) groups is 3. The van der Waals surface area contributed by atoms with E-state index in [-0.39, 0.29) is 31.4 Å². The lowest BCUT2D eigenvalue weighted by molar-refractivity contribution is -0.148. The number of nitrogens with zero attached hydrogens (tertiary/aromatic N) is 1. The fraction of sp³-hybridized carbons (Fsp3) is 0.400. The molecule has 3 rings (SSSR count). The Balaban J connectivity index is 1.53. The SMILES string of the molecule is CCCCOc1ccc(C(=O)N2CCNC(=O)[C@@H]2CC(=O)OCCOc2ccccc2)cc1. The van der Waals surface area contributed by atoms with Crippen molar-refractivity contribution in [3.8, 4) is 11.5 Å². The van der Waals surface area contributed by atoms with Crippen molar-refractivity contribution in [2.24, 2.45) is 0 Å². The second kappa shape index (κ2) is 12.5. The second-order valence-electron chi connectivity index (χ2n) is 7.62. The van der Waals surface area contributed by atoms with Gasteiger partial charge in [-0.1, -0.05) is 31.5 Å². The monoisotopic (exact) mass is 454 g/mol. The minimum atomic E-state index is -0.922. The van der Waals surface area contributed by atoms with Crippen LogP contribution in [0, 0.1) is 0 Å². The number of ether oxygens (including phenoxy) is 3. The first-order valence-electron chi connectivity index (χ1n) is 11.2. The highest BCUT2D eigenvalue weighted by Crippen LogP contribution is 2.18. The summed E-state index contributed by atoms with van der Waals surface area (Å²) in [6.45, 7) is 3.60. The molecule has 0 bridgehead atoms. The van der Waals surface area contributed by atoms with Crippen LogP contribution in [-0.4, -0.2) is 61.6 Å². The van der Waals surface area contributed by atoms with Crippen LogP contribution in [-0.2, 0) is 14.3 Å². The van der Waals surface area contributed by atoms with E-state index in [0.717, 1.165) is 12.8 Å². The number of unbranched alkanes of at least 4 members (excludes halogenated alkanes) is 1. The van der Waals surface area contributed by atoms with Crippen LogP contribution >= 0.6 is 0 Å².